The van der Waals surface area contributed by atoms with E-state index in [9.17, 15) is 14.9 Å². The maximum Gasteiger partial charge on any atom is 0.270 e. The Hall–Kier alpha value is -1.95. The van der Waals surface area contributed by atoms with Gasteiger partial charge in [-0.05, 0) is 38.7 Å². The highest BCUT2D eigenvalue weighted by Gasteiger charge is 2.32. The summed E-state index contributed by atoms with van der Waals surface area (Å²) in [5.74, 6) is -0.154. The van der Waals surface area contributed by atoms with Crippen molar-refractivity contribution < 1.29 is 9.72 Å². The molecule has 114 valence electrons. The van der Waals surface area contributed by atoms with Crippen molar-refractivity contribution in [1.82, 2.24) is 4.90 Å². The molecule has 2 atom stereocenters. The van der Waals surface area contributed by atoms with Crippen LogP contribution in [-0.4, -0.2) is 34.4 Å². The largest absolute Gasteiger partial charge is 0.332 e. The number of nitrogens with two attached hydrogens (primary N) is 1. The fourth-order valence-electron chi connectivity index (χ4n) is 2.98. The van der Waals surface area contributed by atoms with Gasteiger partial charge in [-0.2, -0.15) is 0 Å². The van der Waals surface area contributed by atoms with Crippen LogP contribution in [0, 0.1) is 17.0 Å². The second kappa shape index (κ2) is 6.22. The second-order valence-corrected chi connectivity index (χ2v) is 5.64. The van der Waals surface area contributed by atoms with E-state index in [1.807, 2.05) is 6.92 Å². The molecule has 1 aliphatic rings. The molecular formula is C15H21N3O3. The van der Waals surface area contributed by atoms with Gasteiger partial charge < -0.3 is 10.6 Å². The first-order chi connectivity index (χ1) is 9.95. The number of nitro benzene ring substituents is 1. The van der Waals surface area contributed by atoms with Crippen molar-refractivity contribution in [2.45, 2.75) is 45.2 Å². The normalized spacial score (nSPS) is 22.1. The summed E-state index contributed by atoms with van der Waals surface area (Å²) >= 11 is 0. The summed E-state index contributed by atoms with van der Waals surface area (Å²) in [5.41, 5.74) is 6.88. The van der Waals surface area contributed by atoms with E-state index in [1.165, 1.54) is 12.1 Å². The topological polar surface area (TPSA) is 89.5 Å². The van der Waals surface area contributed by atoms with Crippen molar-refractivity contribution in [3.63, 3.8) is 0 Å². The van der Waals surface area contributed by atoms with Crippen LogP contribution < -0.4 is 5.73 Å². The van der Waals surface area contributed by atoms with Gasteiger partial charge in [-0.25, -0.2) is 0 Å². The highest BCUT2D eigenvalue weighted by atomic mass is 16.6. The molecule has 2 rings (SSSR count). The highest BCUT2D eigenvalue weighted by molar-refractivity contribution is 5.96. The Morgan fingerprint density at radius 1 is 1.48 bits per heavy atom. The molecule has 1 fully saturated rings. The van der Waals surface area contributed by atoms with Crippen molar-refractivity contribution in [2.75, 3.05) is 6.54 Å². The predicted molar refractivity (Wildman–Crippen MR) is 80.2 cm³/mol. The van der Waals surface area contributed by atoms with Crippen molar-refractivity contribution in [1.29, 1.82) is 0 Å². The number of carbonyl (C=O) groups is 1. The minimum Gasteiger partial charge on any atom is -0.332 e. The van der Waals surface area contributed by atoms with E-state index in [2.05, 4.69) is 0 Å². The molecule has 0 aliphatic carbocycles. The summed E-state index contributed by atoms with van der Waals surface area (Å²) in [4.78, 5) is 25.1. The number of aryl methyl sites for hydroxylation is 1. The lowest BCUT2D eigenvalue weighted by Gasteiger charge is -2.40. The van der Waals surface area contributed by atoms with E-state index in [1.54, 1.807) is 17.9 Å². The molecule has 1 aromatic rings. The van der Waals surface area contributed by atoms with Gasteiger partial charge in [0.05, 0.1) is 4.92 Å². The molecule has 1 amide bonds. The molecule has 1 heterocycles. The number of hydrogen-bond donors (Lipinski definition) is 1. The smallest absolute Gasteiger partial charge is 0.270 e. The van der Waals surface area contributed by atoms with Gasteiger partial charge in [-0.3, -0.25) is 14.9 Å². The maximum absolute atomic E-state index is 12.8. The van der Waals surface area contributed by atoms with E-state index in [4.69, 9.17) is 5.73 Å². The summed E-state index contributed by atoms with van der Waals surface area (Å²) in [5, 5.41) is 10.9. The summed E-state index contributed by atoms with van der Waals surface area (Å²) in [6.07, 6.45) is 2.89. The van der Waals surface area contributed by atoms with E-state index in [-0.39, 0.29) is 23.7 Å². The van der Waals surface area contributed by atoms with Crippen LogP contribution in [0.3, 0.4) is 0 Å². The number of likely N-dealkylation sites (tertiary alicyclic amines) is 1. The molecule has 0 aromatic heterocycles. The number of piperidine rings is 1. The number of amides is 1. The summed E-state index contributed by atoms with van der Waals surface area (Å²) < 4.78 is 0. The van der Waals surface area contributed by atoms with E-state index >= 15 is 0 Å². The first kappa shape index (κ1) is 15.4. The molecular weight excluding hydrogens is 270 g/mol. The fourth-order valence-corrected chi connectivity index (χ4v) is 2.98. The Bertz CT molecular complexity index is 559. The number of benzene rings is 1. The molecule has 6 nitrogen and oxygen atoms in total. The van der Waals surface area contributed by atoms with Gasteiger partial charge in [0.2, 0.25) is 0 Å². The minimum absolute atomic E-state index is 0.0138. The maximum atomic E-state index is 12.8. The third kappa shape index (κ3) is 3.05. The minimum atomic E-state index is -0.476. The van der Waals surface area contributed by atoms with Crippen LogP contribution in [0.4, 0.5) is 5.69 Å². The molecule has 0 saturated carbocycles. The molecule has 0 spiro atoms. The van der Waals surface area contributed by atoms with Crippen LogP contribution in [0.1, 0.15) is 42.1 Å². The molecule has 2 N–H and O–H groups in total. The van der Waals surface area contributed by atoms with Gasteiger partial charge in [0, 0.05) is 36.3 Å². The first-order valence-electron chi connectivity index (χ1n) is 7.23. The lowest BCUT2D eigenvalue weighted by molar-refractivity contribution is -0.384. The molecule has 0 radical (unpaired) electrons. The van der Waals surface area contributed by atoms with Gasteiger partial charge >= 0.3 is 0 Å². The number of non-ortho nitro benzene ring substituents is 1. The monoisotopic (exact) mass is 291 g/mol. The molecule has 0 bridgehead atoms. The van der Waals surface area contributed by atoms with E-state index < -0.39 is 4.92 Å². The van der Waals surface area contributed by atoms with Crippen LogP contribution in [-0.2, 0) is 0 Å². The van der Waals surface area contributed by atoms with Crippen molar-refractivity contribution in [3.8, 4) is 0 Å². The van der Waals surface area contributed by atoms with Crippen molar-refractivity contribution >= 4 is 11.6 Å². The molecule has 6 heteroatoms. The Morgan fingerprint density at radius 3 is 2.81 bits per heavy atom. The standard InChI is InChI=1S/C15H21N3O3/c1-10-6-7-12(18(20)21)8-14(10)15(19)17-11(2)4-3-5-13(17)9-16/h6-8,11,13H,3-5,9,16H2,1-2H3. The SMILES string of the molecule is Cc1ccc([N+](=O)[O-])cc1C(=O)N1C(C)CCCC1CN. The van der Waals surface area contributed by atoms with Crippen LogP contribution in [0.15, 0.2) is 18.2 Å². The zero-order valence-corrected chi connectivity index (χ0v) is 12.4. The zero-order chi connectivity index (χ0) is 15.6. The molecule has 21 heavy (non-hydrogen) atoms. The number of nitrogens with zero attached hydrogens (tertiary/aromatic N) is 2. The van der Waals surface area contributed by atoms with E-state index in [0.717, 1.165) is 24.8 Å². The predicted octanol–water partition coefficient (Wildman–Crippen LogP) is 2.25. The summed E-state index contributed by atoms with van der Waals surface area (Å²) in [6, 6.07) is 4.54. The molecule has 1 saturated heterocycles. The number of rotatable bonds is 3. The van der Waals surface area contributed by atoms with Crippen molar-refractivity contribution in [2.24, 2.45) is 5.73 Å². The zero-order valence-electron chi connectivity index (χ0n) is 12.4. The lowest BCUT2D eigenvalue weighted by Crippen LogP contribution is -2.52. The van der Waals surface area contributed by atoms with Crippen LogP contribution in [0.25, 0.3) is 0 Å². The van der Waals surface area contributed by atoms with E-state index in [0.29, 0.717) is 12.1 Å². The van der Waals surface area contributed by atoms with Gasteiger partial charge in [0.15, 0.2) is 0 Å². The lowest BCUT2D eigenvalue weighted by atomic mass is 9.94. The summed E-state index contributed by atoms with van der Waals surface area (Å²) in [6.45, 7) is 4.22. The van der Waals surface area contributed by atoms with Crippen molar-refractivity contribution in [3.05, 3.63) is 39.4 Å². The third-order valence-electron chi connectivity index (χ3n) is 4.20. The fraction of sp³-hybridized carbons (Fsp3) is 0.533. The van der Waals surface area contributed by atoms with Crippen LogP contribution in [0.2, 0.25) is 0 Å². The molecule has 1 aromatic carbocycles. The average Bonchev–Trinajstić information content (AvgIpc) is 2.46. The molecule has 1 aliphatic heterocycles. The van der Waals surface area contributed by atoms with Gasteiger partial charge in [0.25, 0.3) is 11.6 Å². The quantitative estimate of drug-likeness (QED) is 0.683. The second-order valence-electron chi connectivity index (χ2n) is 5.64. The third-order valence-corrected chi connectivity index (χ3v) is 4.20. The van der Waals surface area contributed by atoms with Crippen LogP contribution in [0.5, 0.6) is 0 Å². The number of carbonyl (C=O) groups excluding carboxylic acids is 1. The van der Waals surface area contributed by atoms with Gasteiger partial charge in [0.1, 0.15) is 0 Å². The first-order valence-corrected chi connectivity index (χ1v) is 7.23. The Labute approximate surface area is 124 Å². The Kier molecular flexibility index (Phi) is 4.57. The van der Waals surface area contributed by atoms with Crippen LogP contribution >= 0.6 is 0 Å². The number of hydrogen-bond acceptors (Lipinski definition) is 4. The molecule has 2 unspecified atom stereocenters. The Morgan fingerprint density at radius 2 is 2.19 bits per heavy atom. The van der Waals surface area contributed by atoms with Gasteiger partial charge in [-0.1, -0.05) is 6.07 Å². The number of nitro groups is 1. The highest BCUT2D eigenvalue weighted by Crippen LogP contribution is 2.26. The van der Waals surface area contributed by atoms with Gasteiger partial charge in [-0.15, -0.1) is 0 Å². The summed E-state index contributed by atoms with van der Waals surface area (Å²) in [7, 11) is 0. The average molecular weight is 291 g/mol. The Balaban J connectivity index is 2.38.